The monoisotopic (exact) mass is 568 g/mol. The van der Waals surface area contributed by atoms with E-state index in [1.54, 1.807) is 18.2 Å². The van der Waals surface area contributed by atoms with Gasteiger partial charge in [-0.25, -0.2) is 14.4 Å². The molecule has 8 nitrogen and oxygen atoms in total. The SMILES string of the molecule is C#Cc1ccc(COc2cccc(C3=CCN(Cc4nc5ccc(COCO)cc5n4C[C@@H]4CCO4)CC3)n2)c(F)c1. The smallest absolute Gasteiger partial charge is 0.214 e. The van der Waals surface area contributed by atoms with Crippen molar-refractivity contribution in [1.29, 1.82) is 0 Å². The minimum atomic E-state index is -0.387. The average molecular weight is 569 g/mol. The molecular formula is C33H33FN4O4. The molecule has 0 bridgehead atoms. The van der Waals surface area contributed by atoms with Crippen molar-refractivity contribution in [1.82, 2.24) is 19.4 Å². The number of fused-ring (bicyclic) bond motifs is 1. The number of rotatable bonds is 11. The van der Waals surface area contributed by atoms with Crippen molar-refractivity contribution in [2.45, 2.75) is 45.2 Å². The molecule has 1 saturated heterocycles. The molecule has 1 N–H and O–H groups in total. The van der Waals surface area contributed by atoms with Gasteiger partial charge < -0.3 is 23.9 Å². The first-order valence-electron chi connectivity index (χ1n) is 14.1. The summed E-state index contributed by atoms with van der Waals surface area (Å²) in [5, 5.41) is 9.04. The number of aromatic nitrogens is 3. The predicted molar refractivity (Wildman–Crippen MR) is 157 cm³/mol. The fourth-order valence-electron chi connectivity index (χ4n) is 5.30. The molecule has 1 atom stereocenters. The maximum atomic E-state index is 14.3. The van der Waals surface area contributed by atoms with Gasteiger partial charge in [-0.15, -0.1) is 6.42 Å². The van der Waals surface area contributed by atoms with Crippen LogP contribution in [0, 0.1) is 18.2 Å². The van der Waals surface area contributed by atoms with Crippen LogP contribution in [-0.4, -0.2) is 57.1 Å². The van der Waals surface area contributed by atoms with Gasteiger partial charge in [-0.05, 0) is 54.3 Å². The third-order valence-electron chi connectivity index (χ3n) is 7.74. The van der Waals surface area contributed by atoms with Crippen LogP contribution in [0.4, 0.5) is 4.39 Å². The Morgan fingerprint density at radius 2 is 2.02 bits per heavy atom. The number of pyridine rings is 1. The molecule has 2 aromatic carbocycles. The molecule has 1 fully saturated rings. The van der Waals surface area contributed by atoms with Gasteiger partial charge >= 0.3 is 0 Å². The number of halogens is 1. The van der Waals surface area contributed by atoms with Crippen LogP contribution in [0.25, 0.3) is 16.6 Å². The summed E-state index contributed by atoms with van der Waals surface area (Å²) in [5.41, 5.74) is 5.94. The second kappa shape index (κ2) is 12.8. The molecule has 4 aromatic rings. The molecule has 0 unspecified atom stereocenters. The minimum absolute atomic E-state index is 0.0722. The molecule has 0 spiro atoms. The molecule has 2 aliphatic heterocycles. The highest BCUT2D eigenvalue weighted by Crippen LogP contribution is 2.27. The molecule has 4 heterocycles. The van der Waals surface area contributed by atoms with Crippen LogP contribution < -0.4 is 4.74 Å². The predicted octanol–water partition coefficient (Wildman–Crippen LogP) is 4.68. The molecule has 0 saturated carbocycles. The van der Waals surface area contributed by atoms with Crippen LogP contribution in [0.5, 0.6) is 5.88 Å². The number of nitrogens with zero attached hydrogens (tertiary/aromatic N) is 4. The van der Waals surface area contributed by atoms with E-state index in [2.05, 4.69) is 32.5 Å². The van der Waals surface area contributed by atoms with Crippen molar-refractivity contribution >= 4 is 16.6 Å². The Hall–Kier alpha value is -4.07. The van der Waals surface area contributed by atoms with Gasteiger partial charge in [-0.2, -0.15) is 0 Å². The van der Waals surface area contributed by atoms with Crippen LogP contribution in [0.2, 0.25) is 0 Å². The van der Waals surface area contributed by atoms with Gasteiger partial charge in [0.1, 0.15) is 25.0 Å². The molecule has 6 rings (SSSR count). The summed E-state index contributed by atoms with van der Waals surface area (Å²) in [6, 6.07) is 16.5. The first kappa shape index (κ1) is 28.1. The Kier molecular flexibility index (Phi) is 8.58. The largest absolute Gasteiger partial charge is 0.473 e. The van der Waals surface area contributed by atoms with E-state index in [1.165, 1.54) is 6.07 Å². The molecule has 42 heavy (non-hydrogen) atoms. The second-order valence-electron chi connectivity index (χ2n) is 10.5. The lowest BCUT2D eigenvalue weighted by atomic mass is 10.0. The highest BCUT2D eigenvalue weighted by Gasteiger charge is 2.24. The van der Waals surface area contributed by atoms with Crippen molar-refractivity contribution in [3.8, 4) is 18.2 Å². The summed E-state index contributed by atoms with van der Waals surface area (Å²) in [6.45, 7) is 4.04. The number of terminal acetylenes is 1. The molecule has 0 aliphatic carbocycles. The molecular weight excluding hydrogens is 535 g/mol. The minimum Gasteiger partial charge on any atom is -0.473 e. The summed E-state index contributed by atoms with van der Waals surface area (Å²) in [4.78, 5) is 12.0. The fraction of sp³-hybridized carbons (Fsp3) is 0.333. The maximum absolute atomic E-state index is 14.3. The zero-order valence-corrected chi connectivity index (χ0v) is 23.3. The zero-order valence-electron chi connectivity index (χ0n) is 23.3. The maximum Gasteiger partial charge on any atom is 0.214 e. The van der Waals surface area contributed by atoms with E-state index >= 15 is 0 Å². The Morgan fingerprint density at radius 1 is 1.12 bits per heavy atom. The van der Waals surface area contributed by atoms with E-state index in [1.807, 2.05) is 24.3 Å². The van der Waals surface area contributed by atoms with Gasteiger partial charge in [-0.1, -0.05) is 30.2 Å². The average Bonchev–Trinajstić information content (AvgIpc) is 3.33. The van der Waals surface area contributed by atoms with Gasteiger partial charge in [0.2, 0.25) is 5.88 Å². The van der Waals surface area contributed by atoms with E-state index < -0.39 is 0 Å². The molecule has 0 radical (unpaired) electrons. The van der Waals surface area contributed by atoms with Crippen LogP contribution >= 0.6 is 0 Å². The summed E-state index contributed by atoms with van der Waals surface area (Å²) in [5.74, 6) is 3.51. The van der Waals surface area contributed by atoms with Crippen molar-refractivity contribution in [3.05, 3.63) is 94.7 Å². The molecule has 216 valence electrons. The highest BCUT2D eigenvalue weighted by atomic mass is 19.1. The van der Waals surface area contributed by atoms with Crippen molar-refractivity contribution < 1.29 is 23.7 Å². The van der Waals surface area contributed by atoms with Crippen molar-refractivity contribution in [3.63, 3.8) is 0 Å². The molecule has 2 aliphatic rings. The second-order valence-corrected chi connectivity index (χ2v) is 10.5. The van der Waals surface area contributed by atoms with E-state index in [4.69, 9.17) is 30.7 Å². The van der Waals surface area contributed by atoms with Crippen LogP contribution in [0.1, 0.15) is 41.1 Å². The van der Waals surface area contributed by atoms with Crippen molar-refractivity contribution in [2.75, 3.05) is 26.5 Å². The van der Waals surface area contributed by atoms with Gasteiger partial charge in [0.15, 0.2) is 0 Å². The van der Waals surface area contributed by atoms with Crippen LogP contribution in [0.3, 0.4) is 0 Å². The van der Waals surface area contributed by atoms with E-state index in [-0.39, 0.29) is 25.3 Å². The lowest BCUT2D eigenvalue weighted by Crippen LogP contribution is -2.33. The van der Waals surface area contributed by atoms with Crippen LogP contribution in [0.15, 0.2) is 60.7 Å². The fourth-order valence-corrected chi connectivity index (χ4v) is 5.30. The molecule has 2 aromatic heterocycles. The lowest BCUT2D eigenvalue weighted by Gasteiger charge is -2.29. The van der Waals surface area contributed by atoms with Gasteiger partial charge in [0, 0.05) is 36.9 Å². The van der Waals surface area contributed by atoms with E-state index in [9.17, 15) is 4.39 Å². The summed E-state index contributed by atoms with van der Waals surface area (Å²) < 4.78 is 33.3. The Labute approximate surface area is 244 Å². The Balaban J connectivity index is 1.13. The number of aliphatic hydroxyl groups is 1. The van der Waals surface area contributed by atoms with Gasteiger partial charge in [0.05, 0.1) is 42.5 Å². The third kappa shape index (κ3) is 6.37. The van der Waals surface area contributed by atoms with E-state index in [0.717, 1.165) is 72.8 Å². The molecule has 9 heteroatoms. The van der Waals surface area contributed by atoms with Gasteiger partial charge in [-0.3, -0.25) is 4.90 Å². The standard InChI is InChI=1S/C33H33FN4O4/c1-2-23-6-8-26(28(34)16-23)21-42-33-5-3-4-29(36-33)25-10-13-37(14-11-25)19-32-35-30-9-7-24(20-40-22-39)17-31(30)38(32)18-27-12-15-41-27/h1,3-10,16-17,27,39H,11-15,18-22H2/t27-/m0/s1. The topological polar surface area (TPSA) is 81.9 Å². The first-order chi connectivity index (χ1) is 20.6. The first-order valence-corrected chi connectivity index (χ1v) is 14.1. The lowest BCUT2D eigenvalue weighted by molar-refractivity contribution is -0.0591. The number of hydrogen-bond donors (Lipinski definition) is 1. The van der Waals surface area contributed by atoms with Crippen LogP contribution in [-0.2, 0) is 35.8 Å². The molecule has 0 amide bonds. The number of benzene rings is 2. The Bertz CT molecular complexity index is 1640. The zero-order chi connectivity index (χ0) is 28.9. The number of aliphatic hydroxyl groups excluding tert-OH is 1. The number of ether oxygens (including phenoxy) is 3. The summed E-state index contributed by atoms with van der Waals surface area (Å²) in [6.07, 6.45) is 9.64. The number of hydrogen-bond acceptors (Lipinski definition) is 7. The summed E-state index contributed by atoms with van der Waals surface area (Å²) in [7, 11) is 0. The summed E-state index contributed by atoms with van der Waals surface area (Å²) >= 11 is 0. The quantitative estimate of drug-likeness (QED) is 0.208. The van der Waals surface area contributed by atoms with E-state index in [0.29, 0.717) is 30.2 Å². The normalized spacial score (nSPS) is 17.1. The highest BCUT2D eigenvalue weighted by molar-refractivity contribution is 5.77. The van der Waals surface area contributed by atoms with Gasteiger partial charge in [0.25, 0.3) is 0 Å². The number of imidazole rings is 1. The van der Waals surface area contributed by atoms with Crippen molar-refractivity contribution in [2.24, 2.45) is 0 Å². The Morgan fingerprint density at radius 3 is 2.76 bits per heavy atom. The third-order valence-corrected chi connectivity index (χ3v) is 7.74.